The van der Waals surface area contributed by atoms with Crippen LogP contribution in [-0.4, -0.2) is 28.9 Å². The van der Waals surface area contributed by atoms with Crippen LogP contribution in [0.15, 0.2) is 24.4 Å². The van der Waals surface area contributed by atoms with Gasteiger partial charge in [0.1, 0.15) is 5.01 Å². The van der Waals surface area contributed by atoms with Crippen LogP contribution >= 0.6 is 11.3 Å². The molecule has 0 fully saturated rings. The van der Waals surface area contributed by atoms with Gasteiger partial charge in [-0.25, -0.2) is 9.78 Å². The molecule has 0 atom stereocenters. The lowest BCUT2D eigenvalue weighted by molar-refractivity contribution is 0.0999. The Morgan fingerprint density at radius 1 is 1.39 bits per heavy atom. The summed E-state index contributed by atoms with van der Waals surface area (Å²) in [5.41, 5.74) is 7.07. The maximum absolute atomic E-state index is 12.2. The Hall–Kier alpha value is -2.41. The molecule has 0 radical (unpaired) electrons. The number of nitrogens with two attached hydrogens (primary N) is 1. The number of aromatic nitrogens is 1. The van der Waals surface area contributed by atoms with Crippen LogP contribution in [0.1, 0.15) is 32.7 Å². The third-order valence-electron chi connectivity index (χ3n) is 3.41. The third kappa shape index (κ3) is 4.29. The van der Waals surface area contributed by atoms with Crippen molar-refractivity contribution in [2.24, 2.45) is 5.73 Å². The van der Waals surface area contributed by atoms with E-state index in [4.69, 9.17) is 5.73 Å². The van der Waals surface area contributed by atoms with Crippen molar-refractivity contribution in [2.75, 3.05) is 12.4 Å². The van der Waals surface area contributed by atoms with E-state index in [0.29, 0.717) is 17.8 Å². The summed E-state index contributed by atoms with van der Waals surface area (Å²) in [4.78, 5) is 30.5. The van der Waals surface area contributed by atoms with Crippen LogP contribution in [0.5, 0.6) is 0 Å². The summed E-state index contributed by atoms with van der Waals surface area (Å²) in [5.74, 6) is -0.479. The lowest BCUT2D eigenvalue weighted by Gasteiger charge is -2.17. The van der Waals surface area contributed by atoms with Crippen LogP contribution < -0.4 is 11.1 Å². The molecule has 6 nitrogen and oxygen atoms in total. The fourth-order valence-electron chi connectivity index (χ4n) is 2.10. The lowest BCUT2D eigenvalue weighted by atomic mass is 10.1. The van der Waals surface area contributed by atoms with E-state index in [0.717, 1.165) is 17.0 Å². The zero-order valence-corrected chi connectivity index (χ0v) is 14.2. The van der Waals surface area contributed by atoms with Crippen molar-refractivity contribution in [3.05, 3.63) is 45.4 Å². The van der Waals surface area contributed by atoms with Crippen LogP contribution in [0.4, 0.5) is 10.5 Å². The van der Waals surface area contributed by atoms with Gasteiger partial charge in [-0.1, -0.05) is 6.92 Å². The first-order valence-corrected chi connectivity index (χ1v) is 8.08. The van der Waals surface area contributed by atoms with Gasteiger partial charge in [0.25, 0.3) is 0 Å². The second kappa shape index (κ2) is 7.23. The molecule has 1 aromatic heterocycles. The number of carbonyl (C=O) groups is 2. The van der Waals surface area contributed by atoms with E-state index in [2.05, 4.69) is 17.2 Å². The highest BCUT2D eigenvalue weighted by Gasteiger charge is 2.13. The Bertz CT molecular complexity index is 727. The normalized spacial score (nSPS) is 10.4. The van der Waals surface area contributed by atoms with Gasteiger partial charge in [-0.2, -0.15) is 0 Å². The van der Waals surface area contributed by atoms with Crippen molar-refractivity contribution in [2.45, 2.75) is 26.8 Å². The molecule has 3 N–H and O–H groups in total. The Morgan fingerprint density at radius 2 is 2.13 bits per heavy atom. The van der Waals surface area contributed by atoms with Gasteiger partial charge in [0.05, 0.1) is 6.54 Å². The van der Waals surface area contributed by atoms with Gasteiger partial charge in [0.15, 0.2) is 0 Å². The fraction of sp³-hybridized carbons (Fsp3) is 0.312. The number of urea groups is 1. The van der Waals surface area contributed by atoms with Gasteiger partial charge in [0, 0.05) is 29.4 Å². The minimum atomic E-state index is -0.479. The first-order valence-electron chi connectivity index (χ1n) is 7.26. The monoisotopic (exact) mass is 332 g/mol. The minimum Gasteiger partial charge on any atom is -0.366 e. The molecule has 23 heavy (non-hydrogen) atoms. The van der Waals surface area contributed by atoms with Gasteiger partial charge in [-0.15, -0.1) is 11.3 Å². The van der Waals surface area contributed by atoms with E-state index in [1.54, 1.807) is 48.4 Å². The van der Waals surface area contributed by atoms with Gasteiger partial charge < -0.3 is 16.0 Å². The van der Waals surface area contributed by atoms with Crippen LogP contribution in [-0.2, 0) is 13.0 Å². The molecule has 1 heterocycles. The van der Waals surface area contributed by atoms with E-state index in [1.165, 1.54) is 4.88 Å². The molecular weight excluding hydrogens is 312 g/mol. The second-order valence-electron chi connectivity index (χ2n) is 5.25. The molecule has 0 saturated heterocycles. The molecule has 0 aliphatic heterocycles. The molecule has 3 amide bonds. The third-order valence-corrected chi connectivity index (χ3v) is 4.54. The number of hydrogen-bond acceptors (Lipinski definition) is 4. The largest absolute Gasteiger partial charge is 0.366 e. The molecule has 0 bridgehead atoms. The number of amides is 3. The maximum atomic E-state index is 12.2. The summed E-state index contributed by atoms with van der Waals surface area (Å²) in [6.45, 7) is 4.31. The van der Waals surface area contributed by atoms with Gasteiger partial charge in [-0.3, -0.25) is 4.79 Å². The number of nitrogens with one attached hydrogen (secondary N) is 1. The predicted molar refractivity (Wildman–Crippen MR) is 91.7 cm³/mol. The molecule has 2 rings (SSSR count). The van der Waals surface area contributed by atoms with E-state index >= 15 is 0 Å². The number of carbonyl (C=O) groups excluding carboxylic acids is 2. The van der Waals surface area contributed by atoms with Crippen LogP contribution in [0.3, 0.4) is 0 Å². The maximum Gasteiger partial charge on any atom is 0.321 e. The molecule has 0 aliphatic rings. The van der Waals surface area contributed by atoms with Crippen molar-refractivity contribution in [1.29, 1.82) is 0 Å². The summed E-state index contributed by atoms with van der Waals surface area (Å²) in [7, 11) is 1.72. The number of thiazole rings is 1. The van der Waals surface area contributed by atoms with Crippen molar-refractivity contribution in [3.8, 4) is 0 Å². The number of anilines is 1. The highest BCUT2D eigenvalue weighted by atomic mass is 32.1. The van der Waals surface area contributed by atoms with E-state index < -0.39 is 5.91 Å². The summed E-state index contributed by atoms with van der Waals surface area (Å²) in [6, 6.07) is 4.77. The second-order valence-corrected chi connectivity index (χ2v) is 6.45. The number of hydrogen-bond donors (Lipinski definition) is 2. The Balaban J connectivity index is 2.00. The minimum absolute atomic E-state index is 0.232. The van der Waals surface area contributed by atoms with Gasteiger partial charge in [0.2, 0.25) is 5.91 Å². The predicted octanol–water partition coefficient (Wildman–Crippen LogP) is 2.78. The van der Waals surface area contributed by atoms with Crippen molar-refractivity contribution in [1.82, 2.24) is 9.88 Å². The zero-order valence-electron chi connectivity index (χ0n) is 13.4. The highest BCUT2D eigenvalue weighted by molar-refractivity contribution is 7.11. The topological polar surface area (TPSA) is 88.3 Å². The Morgan fingerprint density at radius 3 is 2.70 bits per heavy atom. The summed E-state index contributed by atoms with van der Waals surface area (Å²) >= 11 is 1.61. The first kappa shape index (κ1) is 17.0. The summed E-state index contributed by atoms with van der Waals surface area (Å²) in [5, 5.41) is 3.70. The van der Waals surface area contributed by atoms with Gasteiger partial charge >= 0.3 is 6.03 Å². The first-order chi connectivity index (χ1) is 10.9. The average molecular weight is 332 g/mol. The quantitative estimate of drug-likeness (QED) is 0.882. The fourth-order valence-corrected chi connectivity index (χ4v) is 3.01. The van der Waals surface area contributed by atoms with E-state index in [9.17, 15) is 9.59 Å². The molecule has 0 aliphatic carbocycles. The number of primary amides is 1. The highest BCUT2D eigenvalue weighted by Crippen LogP contribution is 2.17. The molecule has 0 spiro atoms. The summed E-state index contributed by atoms with van der Waals surface area (Å²) in [6.07, 6.45) is 2.79. The van der Waals surface area contributed by atoms with Crippen molar-refractivity contribution >= 4 is 29.0 Å². The number of rotatable bonds is 5. The van der Waals surface area contributed by atoms with Crippen LogP contribution in [0.2, 0.25) is 0 Å². The standard InChI is InChI=1S/C16H20N4O2S/c1-4-12-8-18-14(23-12)9-20(3)16(22)19-11-5-6-13(15(17)21)10(2)7-11/h5-8H,4,9H2,1-3H3,(H2,17,21)(H,19,22). The van der Waals surface area contributed by atoms with Crippen molar-refractivity contribution < 1.29 is 9.59 Å². The smallest absolute Gasteiger partial charge is 0.321 e. The molecule has 0 unspecified atom stereocenters. The van der Waals surface area contributed by atoms with Crippen LogP contribution in [0, 0.1) is 6.92 Å². The SMILES string of the molecule is CCc1cnc(CN(C)C(=O)Nc2ccc(C(N)=O)c(C)c2)s1. The van der Waals surface area contributed by atoms with Gasteiger partial charge in [-0.05, 0) is 37.1 Å². The number of nitrogens with zero attached hydrogens (tertiary/aromatic N) is 2. The molecule has 1 aromatic carbocycles. The molecule has 7 heteroatoms. The average Bonchev–Trinajstić information content (AvgIpc) is 2.94. The van der Waals surface area contributed by atoms with Crippen molar-refractivity contribution in [3.63, 3.8) is 0 Å². The summed E-state index contributed by atoms with van der Waals surface area (Å²) < 4.78 is 0. The molecule has 0 saturated carbocycles. The Labute approximate surface area is 139 Å². The Kier molecular flexibility index (Phi) is 5.33. The lowest BCUT2D eigenvalue weighted by Crippen LogP contribution is -2.30. The van der Waals surface area contributed by atoms with E-state index in [-0.39, 0.29) is 6.03 Å². The molecule has 2 aromatic rings. The number of benzene rings is 1. The molecular formula is C16H20N4O2S. The number of aryl methyl sites for hydroxylation is 2. The zero-order chi connectivity index (χ0) is 17.0. The molecule has 122 valence electrons. The van der Waals surface area contributed by atoms with Crippen LogP contribution in [0.25, 0.3) is 0 Å². The van der Waals surface area contributed by atoms with E-state index in [1.807, 2.05) is 6.20 Å².